The first kappa shape index (κ1) is 42.7. The van der Waals surface area contributed by atoms with Crippen LogP contribution in [0.2, 0.25) is 0 Å². The van der Waals surface area contributed by atoms with Gasteiger partial charge in [-0.15, -0.1) is 0 Å². The fourth-order valence-electron chi connectivity index (χ4n) is 13.2. The number of piperidine rings is 2. The van der Waals surface area contributed by atoms with Crippen molar-refractivity contribution in [2.24, 2.45) is 46.8 Å². The molecule has 13 heteroatoms. The molecule has 13 nitrogen and oxygen atoms in total. The summed E-state index contributed by atoms with van der Waals surface area (Å²) in [6, 6.07) is -0.453. The van der Waals surface area contributed by atoms with Gasteiger partial charge in [0.1, 0.15) is 28.5 Å². The van der Waals surface area contributed by atoms with Crippen molar-refractivity contribution in [3.63, 3.8) is 0 Å². The van der Waals surface area contributed by atoms with E-state index in [1.807, 2.05) is 34.6 Å². The van der Waals surface area contributed by atoms with Gasteiger partial charge in [0, 0.05) is 68.0 Å². The molecule has 0 radical (unpaired) electrons. The first-order valence-corrected chi connectivity index (χ1v) is 21.0. The van der Waals surface area contributed by atoms with Crippen molar-refractivity contribution in [3.8, 4) is 0 Å². The highest BCUT2D eigenvalue weighted by Crippen LogP contribution is 2.79. The van der Waals surface area contributed by atoms with Crippen LogP contribution in [0.1, 0.15) is 133 Å². The Labute approximate surface area is 326 Å². The van der Waals surface area contributed by atoms with Gasteiger partial charge in [-0.1, -0.05) is 55.4 Å². The number of rotatable bonds is 9. The van der Waals surface area contributed by atoms with Crippen molar-refractivity contribution in [1.82, 2.24) is 4.90 Å². The second kappa shape index (κ2) is 13.9. The summed E-state index contributed by atoms with van der Waals surface area (Å²) in [6.45, 7) is 18.0. The molecule has 0 amide bonds. The van der Waals surface area contributed by atoms with Crippen molar-refractivity contribution in [1.29, 1.82) is 0 Å². The van der Waals surface area contributed by atoms with E-state index < -0.39 is 99.0 Å². The molecule has 3 heterocycles. The molecule has 7 aliphatic rings. The number of fused-ring (bicyclic) bond motifs is 5. The van der Waals surface area contributed by atoms with Crippen LogP contribution in [0, 0.1) is 46.8 Å². The number of carbonyl (C=O) groups is 3. The van der Waals surface area contributed by atoms with Crippen molar-refractivity contribution in [2.75, 3.05) is 13.1 Å². The van der Waals surface area contributed by atoms with Gasteiger partial charge in [0.2, 0.25) is 0 Å². The second-order valence-electron chi connectivity index (χ2n) is 20.1. The highest BCUT2D eigenvalue weighted by Gasteiger charge is 2.90. The zero-order chi connectivity index (χ0) is 39.6. The number of hydrogen-bond acceptors (Lipinski definition) is 12. The van der Waals surface area contributed by atoms with Gasteiger partial charge in [-0.25, -0.2) is 0 Å². The fraction of sp³-hybridized carbons (Fsp3) is 0.929. The normalized spacial score (nSPS) is 48.8. The molecule has 55 heavy (non-hydrogen) atoms. The third-order valence-electron chi connectivity index (χ3n) is 16.0. The third kappa shape index (κ3) is 5.74. The Kier molecular flexibility index (Phi) is 10.8. The highest BCUT2D eigenvalue weighted by molar-refractivity contribution is 5.73. The summed E-state index contributed by atoms with van der Waals surface area (Å²) >= 11 is 0. The molecule has 4 saturated carbocycles. The second-order valence-corrected chi connectivity index (χ2v) is 20.1. The summed E-state index contributed by atoms with van der Waals surface area (Å²) in [5.74, 6) is -5.42. The molecular formula is C42H69NO12. The van der Waals surface area contributed by atoms with Crippen molar-refractivity contribution >= 4 is 17.9 Å². The van der Waals surface area contributed by atoms with Crippen LogP contribution >= 0.6 is 0 Å². The molecule has 0 aromatic rings. The molecule has 3 aliphatic heterocycles. The minimum absolute atomic E-state index is 0. The van der Waals surface area contributed by atoms with Crippen molar-refractivity contribution in [2.45, 2.75) is 185 Å². The third-order valence-corrected chi connectivity index (χ3v) is 16.0. The summed E-state index contributed by atoms with van der Waals surface area (Å²) in [7, 11) is 0. The summed E-state index contributed by atoms with van der Waals surface area (Å²) < 4.78 is 26.3. The predicted molar refractivity (Wildman–Crippen MR) is 200 cm³/mol. The SMILES string of the molecule is CCC(C)C(=O)OC12OC34C[C@@]5(O)[C@@H]6CN7C[C@@H](C)CC[C@H]7[C@@](C)(O)[C@@]6(O)C(OC(=O)CC(C)C)C[C@@]5(O)[C@@H]3CCC1[C@]4(C)CCC2OC(=O)CC(C)C.O. The van der Waals surface area contributed by atoms with Crippen molar-refractivity contribution < 1.29 is 59.2 Å². The Balaban J connectivity index is 0.00000514. The molecule has 0 aromatic carbocycles. The molecule has 7 rings (SSSR count). The van der Waals surface area contributed by atoms with Gasteiger partial charge < -0.3 is 44.8 Å². The maximum Gasteiger partial charge on any atom is 0.311 e. The number of carbonyl (C=O) groups excluding carboxylic acids is 3. The van der Waals surface area contributed by atoms with Crippen LogP contribution in [0.5, 0.6) is 0 Å². The van der Waals surface area contributed by atoms with E-state index in [0.29, 0.717) is 51.0 Å². The van der Waals surface area contributed by atoms with Gasteiger partial charge >= 0.3 is 17.9 Å². The minimum Gasteiger partial charge on any atom is -0.459 e. The first-order valence-electron chi connectivity index (χ1n) is 21.0. The number of aliphatic hydroxyl groups is 4. The molecule has 6 unspecified atom stereocenters. The van der Waals surface area contributed by atoms with E-state index in [2.05, 4.69) is 18.7 Å². The van der Waals surface area contributed by atoms with Crippen LogP contribution in [0.4, 0.5) is 0 Å². The van der Waals surface area contributed by atoms with E-state index in [-0.39, 0.29) is 49.5 Å². The molecule has 6 N–H and O–H groups in total. The molecule has 3 saturated heterocycles. The van der Waals surface area contributed by atoms with Crippen LogP contribution in [-0.2, 0) is 33.3 Å². The largest absolute Gasteiger partial charge is 0.459 e. The van der Waals surface area contributed by atoms with Gasteiger partial charge in [0.05, 0.1) is 11.5 Å². The van der Waals surface area contributed by atoms with Crippen LogP contribution in [0.15, 0.2) is 0 Å². The first-order chi connectivity index (χ1) is 25.1. The maximum atomic E-state index is 13.8. The van der Waals surface area contributed by atoms with E-state index in [4.69, 9.17) is 18.9 Å². The standard InChI is InChI=1S/C42H67NO11.H2O/c1-10-26(7)35(46)53-42-27-12-13-28-38(48)19-32(52-34(45)18-24(4)5)41(50)29(21-43-20-25(6)11-14-30(43)37(41,9)47)39(38,49)22-40(28,54-42)36(27,8)16-15-31(42)51-33(44)17-23(2)3;/h23-32,47-50H,10-22H2,1-9H3;1H2/t25-,26?,27?,28-,29-,30-,31?,32?,36-,37+,38+,39+,40?,41-,42?;/m0./s1. The van der Waals surface area contributed by atoms with Crippen LogP contribution in [-0.4, -0.2) is 114 Å². The van der Waals surface area contributed by atoms with Gasteiger partial charge in [-0.05, 0) is 69.6 Å². The van der Waals surface area contributed by atoms with Crippen molar-refractivity contribution in [3.05, 3.63) is 0 Å². The summed E-state index contributed by atoms with van der Waals surface area (Å²) in [5.41, 5.74) is -9.88. The lowest BCUT2D eigenvalue weighted by atomic mass is 9.48. The average Bonchev–Trinajstić information content (AvgIpc) is 3.24. The van der Waals surface area contributed by atoms with E-state index in [9.17, 15) is 34.8 Å². The highest BCUT2D eigenvalue weighted by atomic mass is 16.8. The Morgan fingerprint density at radius 3 is 2.00 bits per heavy atom. The number of esters is 3. The molecule has 1 spiro atoms. The van der Waals surface area contributed by atoms with Crippen LogP contribution in [0.3, 0.4) is 0 Å². The Hall–Kier alpha value is -1.87. The monoisotopic (exact) mass is 779 g/mol. The van der Waals surface area contributed by atoms with Crippen LogP contribution in [0.25, 0.3) is 0 Å². The summed E-state index contributed by atoms with van der Waals surface area (Å²) in [4.78, 5) is 42.8. The van der Waals surface area contributed by atoms with Gasteiger partial charge in [0.25, 0.3) is 5.79 Å². The Bertz CT molecular complexity index is 1520. The Morgan fingerprint density at radius 2 is 1.40 bits per heavy atom. The summed E-state index contributed by atoms with van der Waals surface area (Å²) in [6.07, 6.45) is 1.40. The lowest BCUT2D eigenvalue weighted by Gasteiger charge is -2.68. The number of ether oxygens (including phenoxy) is 4. The Morgan fingerprint density at radius 1 is 0.800 bits per heavy atom. The van der Waals surface area contributed by atoms with Gasteiger partial charge in [-0.3, -0.25) is 19.3 Å². The topological polar surface area (TPSA) is 204 Å². The molecule has 7 fully saturated rings. The predicted octanol–water partition coefficient (Wildman–Crippen LogP) is 3.44. The van der Waals surface area contributed by atoms with E-state index in [1.54, 1.807) is 13.8 Å². The zero-order valence-corrected chi connectivity index (χ0v) is 34.6. The molecule has 0 aromatic heterocycles. The molecule has 4 aliphatic carbocycles. The number of hydrogen-bond donors (Lipinski definition) is 4. The van der Waals surface area contributed by atoms with E-state index >= 15 is 0 Å². The van der Waals surface area contributed by atoms with E-state index in [1.165, 1.54) is 0 Å². The average molecular weight is 780 g/mol. The lowest BCUT2D eigenvalue weighted by molar-refractivity contribution is -0.355. The number of nitrogens with zero attached hydrogens (tertiary/aromatic N) is 1. The van der Waals surface area contributed by atoms with E-state index in [0.717, 1.165) is 6.42 Å². The minimum atomic E-state index is -2.11. The van der Waals surface area contributed by atoms with Gasteiger partial charge in [-0.2, -0.15) is 0 Å². The molecule has 314 valence electrons. The maximum absolute atomic E-state index is 13.8. The smallest absolute Gasteiger partial charge is 0.311 e. The fourth-order valence-corrected chi connectivity index (χ4v) is 13.2. The molecule has 15 atom stereocenters. The quantitative estimate of drug-likeness (QED) is 0.196. The zero-order valence-electron chi connectivity index (χ0n) is 34.6. The molecular weight excluding hydrogens is 710 g/mol. The van der Waals surface area contributed by atoms with Crippen LogP contribution < -0.4 is 0 Å². The molecule has 4 bridgehead atoms. The van der Waals surface area contributed by atoms with Gasteiger partial charge in [0.15, 0.2) is 6.10 Å². The lowest BCUT2D eigenvalue weighted by Crippen LogP contribution is -2.85. The summed E-state index contributed by atoms with van der Waals surface area (Å²) in [5, 5.41) is 52.9.